The molecule has 33 heavy (non-hydrogen) atoms. The summed E-state index contributed by atoms with van der Waals surface area (Å²) in [5, 5.41) is 18.8. The van der Waals surface area contributed by atoms with Crippen LogP contribution in [0.5, 0.6) is 5.75 Å². The van der Waals surface area contributed by atoms with E-state index in [1.165, 1.54) is 6.08 Å². The zero-order valence-electron chi connectivity index (χ0n) is 18.0. The average molecular weight is 441 g/mol. The van der Waals surface area contributed by atoms with E-state index in [2.05, 4.69) is 15.8 Å². The summed E-state index contributed by atoms with van der Waals surface area (Å²) >= 11 is 0. The van der Waals surface area contributed by atoms with Gasteiger partial charge in [0.15, 0.2) is 0 Å². The third-order valence-electron chi connectivity index (χ3n) is 5.37. The first kappa shape index (κ1) is 21.8. The molecule has 0 saturated heterocycles. The van der Waals surface area contributed by atoms with E-state index in [-0.39, 0.29) is 23.1 Å². The summed E-state index contributed by atoms with van der Waals surface area (Å²) in [6, 6.07) is 22.7. The Kier molecular flexibility index (Phi) is 6.50. The van der Waals surface area contributed by atoms with Crippen molar-refractivity contribution in [3.63, 3.8) is 0 Å². The Morgan fingerprint density at radius 1 is 0.970 bits per heavy atom. The number of rotatable bonds is 7. The van der Waals surface area contributed by atoms with Crippen molar-refractivity contribution in [3.8, 4) is 5.75 Å². The molecule has 0 aromatic heterocycles. The molecule has 1 amide bonds. The number of oxime groups is 1. The van der Waals surface area contributed by atoms with Gasteiger partial charge in [0.1, 0.15) is 17.5 Å². The van der Waals surface area contributed by atoms with Crippen LogP contribution < -0.4 is 15.4 Å². The van der Waals surface area contributed by atoms with Crippen LogP contribution in [0, 0.1) is 0 Å². The van der Waals surface area contributed by atoms with Crippen molar-refractivity contribution in [2.24, 2.45) is 5.16 Å². The van der Waals surface area contributed by atoms with Gasteiger partial charge in [-0.3, -0.25) is 9.59 Å². The minimum absolute atomic E-state index is 0.187. The molecule has 3 aromatic carbocycles. The van der Waals surface area contributed by atoms with Crippen molar-refractivity contribution in [1.29, 1.82) is 0 Å². The van der Waals surface area contributed by atoms with Crippen molar-refractivity contribution in [2.75, 3.05) is 12.4 Å². The highest BCUT2D eigenvalue weighted by Crippen LogP contribution is 2.22. The fourth-order valence-electron chi connectivity index (χ4n) is 3.67. The van der Waals surface area contributed by atoms with Crippen LogP contribution in [0.2, 0.25) is 0 Å². The number of nitrogens with zero attached hydrogens (tertiary/aromatic N) is 1. The first-order chi connectivity index (χ1) is 16.1. The van der Waals surface area contributed by atoms with Crippen LogP contribution in [0.15, 0.2) is 95.8 Å². The van der Waals surface area contributed by atoms with E-state index in [9.17, 15) is 14.8 Å². The van der Waals surface area contributed by atoms with Crippen molar-refractivity contribution < 1.29 is 19.5 Å². The average Bonchev–Trinajstić information content (AvgIpc) is 2.86. The number of hydrogen-bond acceptors (Lipinski definition) is 6. The molecule has 7 heteroatoms. The van der Waals surface area contributed by atoms with Gasteiger partial charge in [0.2, 0.25) is 11.7 Å². The number of carbonyl (C=O) groups excluding carboxylic acids is 2. The van der Waals surface area contributed by atoms with Crippen LogP contribution in [0.3, 0.4) is 0 Å². The fraction of sp³-hybridized carbons (Fsp3) is 0.115. The minimum atomic E-state index is -0.755. The van der Waals surface area contributed by atoms with Gasteiger partial charge in [0.05, 0.1) is 12.8 Å². The summed E-state index contributed by atoms with van der Waals surface area (Å²) in [5.74, 6) is 0.103. The highest BCUT2D eigenvalue weighted by atomic mass is 16.5. The molecule has 0 spiro atoms. The summed E-state index contributed by atoms with van der Waals surface area (Å²) in [5.41, 5.74) is 2.92. The van der Waals surface area contributed by atoms with Crippen molar-refractivity contribution in [3.05, 3.63) is 107 Å². The van der Waals surface area contributed by atoms with Crippen LogP contribution in [0.25, 0.3) is 0 Å². The standard InChI is InChI=1S/C26H23N3O4/c1-33-19-13-11-18(12-14-19)27-26(31)24(15-17-7-3-2-4-8-17)28-23-16-22(29-32)20-9-5-6-10-21(20)25(23)30/h2-14,16,24,28,32H,15H2,1H3,(H,27,31)/t24-/m1/s1. The number of carbonyl (C=O) groups is 2. The molecule has 4 rings (SSSR count). The van der Waals surface area contributed by atoms with Crippen LogP contribution in [-0.2, 0) is 11.2 Å². The second-order valence-corrected chi connectivity index (χ2v) is 7.52. The second kappa shape index (κ2) is 9.82. The van der Waals surface area contributed by atoms with Gasteiger partial charge in [-0.1, -0.05) is 59.8 Å². The van der Waals surface area contributed by atoms with Gasteiger partial charge in [-0.2, -0.15) is 0 Å². The predicted octanol–water partition coefficient (Wildman–Crippen LogP) is 3.79. The SMILES string of the molecule is COc1ccc(NC(=O)[C@@H](Cc2ccccc2)NC2=CC(=NO)c3ccccc3C2=O)cc1. The highest BCUT2D eigenvalue weighted by molar-refractivity contribution is 6.26. The molecule has 1 aliphatic rings. The lowest BCUT2D eigenvalue weighted by Gasteiger charge is -2.24. The molecule has 1 atom stereocenters. The monoisotopic (exact) mass is 441 g/mol. The Morgan fingerprint density at radius 3 is 2.30 bits per heavy atom. The number of nitrogens with one attached hydrogen (secondary N) is 2. The maximum atomic E-state index is 13.2. The molecule has 0 fully saturated rings. The fourth-order valence-corrected chi connectivity index (χ4v) is 3.67. The quantitative estimate of drug-likeness (QED) is 0.383. The largest absolute Gasteiger partial charge is 0.497 e. The number of hydrogen-bond donors (Lipinski definition) is 3. The lowest BCUT2D eigenvalue weighted by molar-refractivity contribution is -0.117. The van der Waals surface area contributed by atoms with Crippen molar-refractivity contribution >= 4 is 23.1 Å². The maximum absolute atomic E-state index is 13.2. The molecule has 3 aromatic rings. The zero-order valence-corrected chi connectivity index (χ0v) is 18.0. The molecular weight excluding hydrogens is 418 g/mol. The Morgan fingerprint density at radius 2 is 1.64 bits per heavy atom. The molecular formula is C26H23N3O4. The lowest BCUT2D eigenvalue weighted by Crippen LogP contribution is -2.44. The number of benzene rings is 3. The molecule has 3 N–H and O–H groups in total. The molecule has 7 nitrogen and oxygen atoms in total. The Labute approximate surface area is 191 Å². The number of fused-ring (bicyclic) bond motifs is 1. The number of ether oxygens (including phenoxy) is 1. The minimum Gasteiger partial charge on any atom is -0.497 e. The number of ketones is 1. The summed E-state index contributed by atoms with van der Waals surface area (Å²) in [6.07, 6.45) is 1.81. The van der Waals surface area contributed by atoms with Gasteiger partial charge in [0, 0.05) is 23.2 Å². The second-order valence-electron chi connectivity index (χ2n) is 7.52. The Balaban J connectivity index is 1.61. The Bertz CT molecular complexity index is 1220. The number of Topliss-reactive ketones (excluding diaryl/α,β-unsaturated/α-hetero) is 1. The third-order valence-corrected chi connectivity index (χ3v) is 5.37. The van der Waals surface area contributed by atoms with Gasteiger partial charge in [-0.05, 0) is 35.9 Å². The van der Waals surface area contributed by atoms with Crippen LogP contribution in [0.1, 0.15) is 21.5 Å². The molecule has 166 valence electrons. The summed E-state index contributed by atoms with van der Waals surface area (Å²) in [7, 11) is 1.57. The topological polar surface area (TPSA) is 100 Å². The first-order valence-electron chi connectivity index (χ1n) is 10.4. The highest BCUT2D eigenvalue weighted by Gasteiger charge is 2.28. The summed E-state index contributed by atoms with van der Waals surface area (Å²) < 4.78 is 5.16. The first-order valence-corrected chi connectivity index (χ1v) is 10.4. The van der Waals surface area contributed by atoms with E-state index < -0.39 is 6.04 Å². The van der Waals surface area contributed by atoms with Crippen molar-refractivity contribution in [1.82, 2.24) is 5.32 Å². The number of methoxy groups -OCH3 is 1. The molecule has 0 saturated carbocycles. The van der Waals surface area contributed by atoms with Gasteiger partial charge < -0.3 is 20.6 Å². The Hall–Kier alpha value is -4.39. The van der Waals surface area contributed by atoms with Gasteiger partial charge in [-0.15, -0.1) is 0 Å². The van der Waals surface area contributed by atoms with E-state index in [0.29, 0.717) is 29.0 Å². The smallest absolute Gasteiger partial charge is 0.247 e. The van der Waals surface area contributed by atoms with Crippen LogP contribution >= 0.6 is 0 Å². The summed E-state index contributed by atoms with van der Waals surface area (Å²) in [6.45, 7) is 0. The lowest BCUT2D eigenvalue weighted by atomic mass is 9.91. The predicted molar refractivity (Wildman–Crippen MR) is 126 cm³/mol. The van der Waals surface area contributed by atoms with Crippen LogP contribution in [-0.4, -0.2) is 35.8 Å². The molecule has 0 heterocycles. The van der Waals surface area contributed by atoms with E-state index in [0.717, 1.165) is 5.56 Å². The molecule has 0 radical (unpaired) electrons. The number of allylic oxidation sites excluding steroid dienone is 2. The molecule has 0 bridgehead atoms. The van der Waals surface area contributed by atoms with E-state index in [4.69, 9.17) is 4.74 Å². The summed E-state index contributed by atoms with van der Waals surface area (Å²) in [4.78, 5) is 26.3. The van der Waals surface area contributed by atoms with Gasteiger partial charge in [0.25, 0.3) is 0 Å². The van der Waals surface area contributed by atoms with Gasteiger partial charge in [-0.25, -0.2) is 0 Å². The third kappa shape index (κ3) is 4.93. The molecule has 1 aliphatic carbocycles. The normalized spacial score (nSPS) is 14.8. The van der Waals surface area contributed by atoms with Gasteiger partial charge >= 0.3 is 0 Å². The maximum Gasteiger partial charge on any atom is 0.247 e. The zero-order chi connectivity index (χ0) is 23.2. The molecule has 0 aliphatic heterocycles. The molecule has 0 unspecified atom stereocenters. The number of amides is 1. The van der Waals surface area contributed by atoms with Crippen molar-refractivity contribution in [2.45, 2.75) is 12.5 Å². The van der Waals surface area contributed by atoms with E-state index in [1.807, 2.05) is 30.3 Å². The number of anilines is 1. The van der Waals surface area contributed by atoms with Crippen LogP contribution in [0.4, 0.5) is 5.69 Å². The van der Waals surface area contributed by atoms with E-state index >= 15 is 0 Å². The van der Waals surface area contributed by atoms with E-state index in [1.54, 1.807) is 55.6 Å².